The molecule has 0 aliphatic rings. The Balaban J connectivity index is 1.72. The monoisotopic (exact) mass is 344 g/mol. The van der Waals surface area contributed by atoms with Crippen molar-refractivity contribution in [3.63, 3.8) is 0 Å². The van der Waals surface area contributed by atoms with Gasteiger partial charge in [-0.25, -0.2) is 9.97 Å². The summed E-state index contributed by atoms with van der Waals surface area (Å²) in [6.45, 7) is 9.20. The standard InChI is InChI=1S/C24H28N2/c1-23(2,15-16-24(3,4)22-14-17-25-18-26-22)21-12-10-20(11-13-21)19-8-6-5-7-9-19/h5-14,17-18H,15-16H2,1-4H3. The van der Waals surface area contributed by atoms with Crippen LogP contribution in [0.3, 0.4) is 0 Å². The SMILES string of the molecule is CC(C)(CCC(C)(C)c1ccncn1)c1ccc(-c2ccccc2)cc1. The zero-order valence-corrected chi connectivity index (χ0v) is 16.2. The minimum absolute atomic E-state index is 0.0458. The maximum Gasteiger partial charge on any atom is 0.115 e. The van der Waals surface area contributed by atoms with E-state index in [1.165, 1.54) is 16.7 Å². The van der Waals surface area contributed by atoms with E-state index in [0.29, 0.717) is 0 Å². The third-order valence-corrected chi connectivity index (χ3v) is 5.42. The highest BCUT2D eigenvalue weighted by atomic mass is 14.8. The topological polar surface area (TPSA) is 25.8 Å². The van der Waals surface area contributed by atoms with Crippen LogP contribution in [0, 0.1) is 0 Å². The third kappa shape index (κ3) is 4.19. The largest absolute Gasteiger partial charge is 0.245 e. The lowest BCUT2D eigenvalue weighted by Gasteiger charge is -2.31. The molecular formula is C24H28N2. The van der Waals surface area contributed by atoms with Gasteiger partial charge in [0.1, 0.15) is 6.33 Å². The van der Waals surface area contributed by atoms with Gasteiger partial charge in [0.2, 0.25) is 0 Å². The van der Waals surface area contributed by atoms with Crippen LogP contribution in [0.25, 0.3) is 11.1 Å². The molecule has 1 heterocycles. The molecule has 2 nitrogen and oxygen atoms in total. The number of nitrogens with zero attached hydrogens (tertiary/aromatic N) is 2. The number of hydrogen-bond donors (Lipinski definition) is 0. The first-order valence-corrected chi connectivity index (χ1v) is 9.31. The molecule has 134 valence electrons. The minimum atomic E-state index is 0.0458. The van der Waals surface area contributed by atoms with Gasteiger partial charge < -0.3 is 0 Å². The van der Waals surface area contributed by atoms with E-state index in [-0.39, 0.29) is 10.8 Å². The van der Waals surface area contributed by atoms with Crippen LogP contribution in [0.4, 0.5) is 0 Å². The molecule has 0 spiro atoms. The summed E-state index contributed by atoms with van der Waals surface area (Å²) in [6.07, 6.45) is 5.66. The van der Waals surface area contributed by atoms with E-state index in [0.717, 1.165) is 18.5 Å². The van der Waals surface area contributed by atoms with Crippen molar-refractivity contribution in [2.45, 2.75) is 51.4 Å². The smallest absolute Gasteiger partial charge is 0.115 e. The zero-order valence-electron chi connectivity index (χ0n) is 16.2. The Morgan fingerprint density at radius 1 is 0.692 bits per heavy atom. The molecule has 0 N–H and O–H groups in total. The molecule has 0 radical (unpaired) electrons. The van der Waals surface area contributed by atoms with Gasteiger partial charge in [0, 0.05) is 17.3 Å². The Morgan fingerprint density at radius 3 is 1.92 bits per heavy atom. The molecule has 3 rings (SSSR count). The molecule has 2 heteroatoms. The van der Waals surface area contributed by atoms with Crippen LogP contribution in [0.5, 0.6) is 0 Å². The Kier molecular flexibility index (Phi) is 5.22. The van der Waals surface area contributed by atoms with Crippen LogP contribution in [-0.2, 0) is 10.8 Å². The summed E-state index contributed by atoms with van der Waals surface area (Å²) in [7, 11) is 0. The highest BCUT2D eigenvalue weighted by molar-refractivity contribution is 5.63. The van der Waals surface area contributed by atoms with Crippen molar-refractivity contribution in [3.05, 3.63) is 84.4 Å². The van der Waals surface area contributed by atoms with E-state index in [1.807, 2.05) is 12.3 Å². The van der Waals surface area contributed by atoms with E-state index in [2.05, 4.69) is 92.3 Å². The van der Waals surface area contributed by atoms with Gasteiger partial charge in [0.05, 0.1) is 0 Å². The molecule has 0 bridgehead atoms. The Bertz CT molecular complexity index is 819. The molecule has 26 heavy (non-hydrogen) atoms. The van der Waals surface area contributed by atoms with Crippen molar-refractivity contribution in [1.82, 2.24) is 9.97 Å². The molecule has 2 aromatic carbocycles. The van der Waals surface area contributed by atoms with Crippen LogP contribution < -0.4 is 0 Å². The molecule has 3 aromatic rings. The molecule has 0 unspecified atom stereocenters. The van der Waals surface area contributed by atoms with Gasteiger partial charge in [-0.1, -0.05) is 82.3 Å². The van der Waals surface area contributed by atoms with Crippen molar-refractivity contribution in [1.29, 1.82) is 0 Å². The quantitative estimate of drug-likeness (QED) is 0.533. The van der Waals surface area contributed by atoms with Gasteiger partial charge in [0.25, 0.3) is 0 Å². The van der Waals surface area contributed by atoms with Crippen LogP contribution in [0.2, 0.25) is 0 Å². The second kappa shape index (κ2) is 7.41. The summed E-state index contributed by atoms with van der Waals surface area (Å²) >= 11 is 0. The highest BCUT2D eigenvalue weighted by Gasteiger charge is 2.28. The van der Waals surface area contributed by atoms with E-state index in [4.69, 9.17) is 0 Å². The molecule has 0 aliphatic heterocycles. The Morgan fingerprint density at radius 2 is 1.31 bits per heavy atom. The van der Waals surface area contributed by atoms with Crippen LogP contribution >= 0.6 is 0 Å². The lowest BCUT2D eigenvalue weighted by molar-refractivity contribution is 0.368. The average Bonchev–Trinajstić information content (AvgIpc) is 2.68. The first-order chi connectivity index (χ1) is 12.4. The van der Waals surface area contributed by atoms with E-state index >= 15 is 0 Å². The fraction of sp³-hybridized carbons (Fsp3) is 0.333. The number of hydrogen-bond acceptors (Lipinski definition) is 2. The fourth-order valence-electron chi connectivity index (χ4n) is 3.33. The molecule has 0 fully saturated rings. The normalized spacial score (nSPS) is 12.2. The summed E-state index contributed by atoms with van der Waals surface area (Å²) in [5.74, 6) is 0. The van der Waals surface area contributed by atoms with Crippen molar-refractivity contribution in [3.8, 4) is 11.1 Å². The molecule has 0 aliphatic carbocycles. The van der Waals surface area contributed by atoms with Crippen molar-refractivity contribution in [2.24, 2.45) is 0 Å². The minimum Gasteiger partial charge on any atom is -0.245 e. The number of rotatable bonds is 6. The Hall–Kier alpha value is -2.48. The lowest BCUT2D eigenvalue weighted by atomic mass is 9.74. The molecule has 1 aromatic heterocycles. The second-order valence-corrected chi connectivity index (χ2v) is 8.31. The summed E-state index contributed by atoms with van der Waals surface area (Å²) in [6, 6.07) is 21.6. The van der Waals surface area contributed by atoms with Crippen molar-refractivity contribution in [2.75, 3.05) is 0 Å². The average molecular weight is 345 g/mol. The van der Waals surface area contributed by atoms with E-state index < -0.39 is 0 Å². The predicted molar refractivity (Wildman–Crippen MR) is 109 cm³/mol. The first-order valence-electron chi connectivity index (χ1n) is 9.31. The van der Waals surface area contributed by atoms with Gasteiger partial charge in [-0.3, -0.25) is 0 Å². The first kappa shape index (κ1) is 18.3. The summed E-state index contributed by atoms with van der Waals surface area (Å²) in [5, 5.41) is 0. The summed E-state index contributed by atoms with van der Waals surface area (Å²) in [4.78, 5) is 8.50. The van der Waals surface area contributed by atoms with E-state index in [1.54, 1.807) is 6.33 Å². The maximum atomic E-state index is 4.46. The van der Waals surface area contributed by atoms with Crippen molar-refractivity contribution >= 4 is 0 Å². The van der Waals surface area contributed by atoms with Gasteiger partial charge in [-0.15, -0.1) is 0 Å². The van der Waals surface area contributed by atoms with Crippen LogP contribution in [-0.4, -0.2) is 9.97 Å². The molecule has 0 atom stereocenters. The highest BCUT2D eigenvalue weighted by Crippen LogP contribution is 2.35. The second-order valence-electron chi connectivity index (χ2n) is 8.31. The van der Waals surface area contributed by atoms with Gasteiger partial charge in [-0.05, 0) is 41.0 Å². The van der Waals surface area contributed by atoms with Crippen LogP contribution in [0.15, 0.2) is 73.2 Å². The molecule has 0 amide bonds. The van der Waals surface area contributed by atoms with Gasteiger partial charge in [-0.2, -0.15) is 0 Å². The molecular weight excluding hydrogens is 316 g/mol. The van der Waals surface area contributed by atoms with Crippen LogP contribution in [0.1, 0.15) is 51.8 Å². The predicted octanol–water partition coefficient (Wildman–Crippen LogP) is 6.18. The summed E-state index contributed by atoms with van der Waals surface area (Å²) < 4.78 is 0. The van der Waals surface area contributed by atoms with Gasteiger partial charge >= 0.3 is 0 Å². The lowest BCUT2D eigenvalue weighted by Crippen LogP contribution is -2.25. The Labute approximate surface area is 157 Å². The van der Waals surface area contributed by atoms with Gasteiger partial charge in [0.15, 0.2) is 0 Å². The zero-order chi connectivity index (χ0) is 18.6. The maximum absolute atomic E-state index is 4.46. The third-order valence-electron chi connectivity index (χ3n) is 5.42. The molecule has 0 saturated heterocycles. The van der Waals surface area contributed by atoms with Crippen molar-refractivity contribution < 1.29 is 0 Å². The summed E-state index contributed by atoms with van der Waals surface area (Å²) in [5.41, 5.74) is 5.20. The number of benzene rings is 2. The molecule has 0 saturated carbocycles. The van der Waals surface area contributed by atoms with E-state index in [9.17, 15) is 0 Å². The number of aromatic nitrogens is 2. The fourth-order valence-corrected chi connectivity index (χ4v) is 3.33.